The van der Waals surface area contributed by atoms with Crippen molar-refractivity contribution < 1.29 is 43.6 Å². The Kier molecular flexibility index (Phi) is 7.45. The zero-order valence-electron chi connectivity index (χ0n) is 19.3. The summed E-state index contributed by atoms with van der Waals surface area (Å²) in [5.74, 6) is -5.90. The molecule has 13 heteroatoms. The zero-order chi connectivity index (χ0) is 26.3. The van der Waals surface area contributed by atoms with E-state index < -0.39 is 65.2 Å². The van der Waals surface area contributed by atoms with Crippen LogP contribution >= 0.6 is 23.2 Å². The van der Waals surface area contributed by atoms with E-state index in [9.17, 15) is 29.4 Å². The van der Waals surface area contributed by atoms with Gasteiger partial charge >= 0.3 is 24.1 Å². The van der Waals surface area contributed by atoms with Crippen molar-refractivity contribution >= 4 is 47.3 Å². The second-order valence-electron chi connectivity index (χ2n) is 9.41. The van der Waals surface area contributed by atoms with Gasteiger partial charge in [-0.2, -0.15) is 0 Å². The van der Waals surface area contributed by atoms with Crippen LogP contribution in [0, 0.1) is 17.8 Å². The maximum Gasteiger partial charge on any atom is 0.408 e. The first kappa shape index (κ1) is 26.8. The topological polar surface area (TPSA) is 160 Å². The van der Waals surface area contributed by atoms with Gasteiger partial charge in [0.1, 0.15) is 11.7 Å². The molecule has 35 heavy (non-hydrogen) atoms. The minimum absolute atomic E-state index is 0.177. The third-order valence-electron chi connectivity index (χ3n) is 6.02. The van der Waals surface area contributed by atoms with Gasteiger partial charge in [0.15, 0.2) is 5.54 Å². The van der Waals surface area contributed by atoms with E-state index in [1.165, 1.54) is 12.1 Å². The third-order valence-corrected chi connectivity index (χ3v) is 6.76. The number of nitrogens with one attached hydrogen (secondary N) is 2. The summed E-state index contributed by atoms with van der Waals surface area (Å²) in [5, 5.41) is 25.4. The Labute approximate surface area is 211 Å². The number of carboxylic acids is 2. The highest BCUT2D eigenvalue weighted by molar-refractivity contribution is 6.42. The number of alkyl carbamates (subject to hydrolysis) is 2. The highest BCUT2D eigenvalue weighted by Gasteiger charge is 2.81. The van der Waals surface area contributed by atoms with E-state index in [1.54, 1.807) is 26.8 Å². The molecule has 1 aromatic rings. The number of carbonyl (C=O) groups excluding carboxylic acids is 2. The molecule has 0 saturated heterocycles. The lowest BCUT2D eigenvalue weighted by atomic mass is 9.85. The average molecular weight is 533 g/mol. The minimum Gasteiger partial charge on any atom is -0.481 e. The molecule has 2 saturated carbocycles. The number of benzene rings is 1. The summed E-state index contributed by atoms with van der Waals surface area (Å²) in [6, 6.07) is 3.55. The Balaban J connectivity index is 2.02. The number of carboxylic acid groups (broad SMARTS) is 2. The van der Waals surface area contributed by atoms with Crippen LogP contribution in [0.2, 0.25) is 10.0 Å². The van der Waals surface area contributed by atoms with E-state index in [-0.39, 0.29) is 11.6 Å². The molecule has 0 heterocycles. The van der Waals surface area contributed by atoms with Crippen molar-refractivity contribution in [2.75, 3.05) is 7.11 Å². The molecule has 2 aliphatic carbocycles. The number of amides is 2. The molecule has 4 N–H and O–H groups in total. The zero-order valence-corrected chi connectivity index (χ0v) is 20.8. The molecular weight excluding hydrogens is 507 g/mol. The second-order valence-corrected chi connectivity index (χ2v) is 10.2. The fraction of sp³-hybridized carbons (Fsp3) is 0.545. The maximum atomic E-state index is 12.7. The largest absolute Gasteiger partial charge is 0.481 e. The maximum absolute atomic E-state index is 12.7. The van der Waals surface area contributed by atoms with Crippen molar-refractivity contribution in [3.63, 3.8) is 0 Å². The molecule has 0 aromatic heterocycles. The summed E-state index contributed by atoms with van der Waals surface area (Å²) in [6.45, 7) is 4.60. The Morgan fingerprint density at radius 3 is 2.26 bits per heavy atom. The number of halogens is 2. The summed E-state index contributed by atoms with van der Waals surface area (Å²) < 4.78 is 15.9. The van der Waals surface area contributed by atoms with Crippen molar-refractivity contribution in [3.8, 4) is 0 Å². The molecule has 2 aliphatic rings. The van der Waals surface area contributed by atoms with E-state index in [2.05, 4.69) is 15.4 Å². The van der Waals surface area contributed by atoms with Crippen LogP contribution < -0.4 is 10.6 Å². The van der Waals surface area contributed by atoms with Crippen molar-refractivity contribution in [1.29, 1.82) is 0 Å². The fourth-order valence-corrected chi connectivity index (χ4v) is 5.04. The first-order chi connectivity index (χ1) is 16.2. The number of methoxy groups -OCH3 is 1. The molecule has 2 amide bonds. The van der Waals surface area contributed by atoms with E-state index in [1.807, 2.05) is 0 Å². The molecule has 0 unspecified atom stereocenters. The summed E-state index contributed by atoms with van der Waals surface area (Å²) >= 11 is 12.0. The van der Waals surface area contributed by atoms with Crippen LogP contribution in [0.5, 0.6) is 0 Å². The Morgan fingerprint density at radius 1 is 1.09 bits per heavy atom. The lowest BCUT2D eigenvalue weighted by molar-refractivity contribution is -0.156. The van der Waals surface area contributed by atoms with E-state index in [0.717, 1.165) is 7.11 Å². The molecule has 3 rings (SSSR count). The SMILES string of the molecule is COC(=O)N[C@H]1[C@H]2[C@H](C(=O)O)[C@H]2[C@](NC(=O)OC(C)(C)C)(C(=O)O)[C@@H]1OCc1ccc(Cl)c(Cl)c1. The summed E-state index contributed by atoms with van der Waals surface area (Å²) in [7, 11) is 1.11. The van der Waals surface area contributed by atoms with Crippen LogP contribution in [0.4, 0.5) is 9.59 Å². The highest BCUT2D eigenvalue weighted by Crippen LogP contribution is 2.63. The third kappa shape index (κ3) is 5.26. The van der Waals surface area contributed by atoms with Crippen molar-refractivity contribution in [2.45, 2.75) is 50.7 Å². The Morgan fingerprint density at radius 2 is 1.74 bits per heavy atom. The first-order valence-electron chi connectivity index (χ1n) is 10.6. The summed E-state index contributed by atoms with van der Waals surface area (Å²) in [5.41, 5.74) is -2.65. The highest BCUT2D eigenvalue weighted by atomic mass is 35.5. The molecule has 192 valence electrons. The standard InChI is InChI=1S/C22H26Cl2N2O9/c1-21(2,3)35-20(32)26-22(18(29)30)14-12(13(14)17(27)28)15(25-19(31)33-4)16(22)34-8-9-5-6-10(23)11(24)7-9/h5-7,12-16H,8H2,1-4H3,(H,25,31)(H,26,32)(H,27,28)(H,29,30)/t12-,13-,14-,15-,16+,22+/m0/s1. The second kappa shape index (κ2) is 9.71. The van der Waals surface area contributed by atoms with Crippen LogP contribution in [0.3, 0.4) is 0 Å². The van der Waals surface area contributed by atoms with Crippen LogP contribution in [-0.4, -0.2) is 64.7 Å². The van der Waals surface area contributed by atoms with Crippen LogP contribution in [-0.2, 0) is 30.4 Å². The number of fused-ring (bicyclic) bond motifs is 1. The smallest absolute Gasteiger partial charge is 0.408 e. The van der Waals surface area contributed by atoms with Gasteiger partial charge in [-0.3, -0.25) is 4.79 Å². The van der Waals surface area contributed by atoms with Gasteiger partial charge in [0.05, 0.1) is 35.7 Å². The molecule has 11 nitrogen and oxygen atoms in total. The van der Waals surface area contributed by atoms with Gasteiger partial charge in [-0.15, -0.1) is 0 Å². The monoisotopic (exact) mass is 532 g/mol. The normalized spacial score (nSPS) is 29.0. The predicted octanol–water partition coefficient (Wildman–Crippen LogP) is 2.91. The summed E-state index contributed by atoms with van der Waals surface area (Å²) in [4.78, 5) is 49.4. The van der Waals surface area contributed by atoms with Gasteiger partial charge in [0.25, 0.3) is 0 Å². The number of aliphatic carboxylic acids is 2. The quantitative estimate of drug-likeness (QED) is 0.413. The van der Waals surface area contributed by atoms with Gasteiger partial charge in [-0.1, -0.05) is 29.3 Å². The first-order valence-corrected chi connectivity index (χ1v) is 11.4. The van der Waals surface area contributed by atoms with Gasteiger partial charge in [-0.05, 0) is 38.5 Å². The van der Waals surface area contributed by atoms with E-state index >= 15 is 0 Å². The van der Waals surface area contributed by atoms with Crippen LogP contribution in [0.25, 0.3) is 0 Å². The Bertz CT molecular complexity index is 1040. The molecule has 0 radical (unpaired) electrons. The average Bonchev–Trinajstić information content (AvgIpc) is 3.43. The van der Waals surface area contributed by atoms with E-state index in [4.69, 9.17) is 32.7 Å². The molecule has 0 spiro atoms. The minimum atomic E-state index is -2.22. The van der Waals surface area contributed by atoms with Crippen LogP contribution in [0.15, 0.2) is 18.2 Å². The van der Waals surface area contributed by atoms with Gasteiger partial charge < -0.3 is 35.1 Å². The molecule has 6 atom stereocenters. The number of hydrogen-bond donors (Lipinski definition) is 4. The molecule has 1 aromatic carbocycles. The molecule has 0 aliphatic heterocycles. The lowest BCUT2D eigenvalue weighted by Gasteiger charge is -2.38. The van der Waals surface area contributed by atoms with Gasteiger partial charge in [0.2, 0.25) is 0 Å². The number of rotatable bonds is 7. The lowest BCUT2D eigenvalue weighted by Crippen LogP contribution is -2.67. The molecule has 0 bridgehead atoms. The van der Waals surface area contributed by atoms with Gasteiger partial charge in [0, 0.05) is 11.8 Å². The number of hydrogen-bond acceptors (Lipinski definition) is 7. The summed E-state index contributed by atoms with van der Waals surface area (Å²) in [6.07, 6.45) is -3.37. The number of carbonyl (C=O) groups is 4. The van der Waals surface area contributed by atoms with Crippen molar-refractivity contribution in [3.05, 3.63) is 33.8 Å². The number of ether oxygens (including phenoxy) is 3. The molecular formula is C22H26Cl2N2O9. The van der Waals surface area contributed by atoms with Crippen molar-refractivity contribution in [2.24, 2.45) is 17.8 Å². The van der Waals surface area contributed by atoms with Crippen molar-refractivity contribution in [1.82, 2.24) is 10.6 Å². The molecule has 2 fully saturated rings. The predicted molar refractivity (Wildman–Crippen MR) is 122 cm³/mol. The van der Waals surface area contributed by atoms with Crippen LogP contribution in [0.1, 0.15) is 26.3 Å². The Hall–Kier alpha value is -2.76. The van der Waals surface area contributed by atoms with Gasteiger partial charge in [-0.25, -0.2) is 14.4 Å². The van der Waals surface area contributed by atoms with E-state index in [0.29, 0.717) is 10.6 Å². The fourth-order valence-electron chi connectivity index (χ4n) is 4.72.